The molecule has 0 saturated carbocycles. The highest BCUT2D eigenvalue weighted by Crippen LogP contribution is 2.19. The Morgan fingerprint density at radius 2 is 2.24 bits per heavy atom. The van der Waals surface area contributed by atoms with E-state index in [1.807, 2.05) is 0 Å². The minimum atomic E-state index is -0.335. The number of hydrogen-bond donors (Lipinski definition) is 2. The van der Waals surface area contributed by atoms with E-state index in [0.717, 1.165) is 5.39 Å². The quantitative estimate of drug-likeness (QED) is 0.743. The van der Waals surface area contributed by atoms with Gasteiger partial charge in [0.25, 0.3) is 0 Å². The lowest BCUT2D eigenvalue weighted by molar-refractivity contribution is 0.629. The first-order valence-electron chi connectivity index (χ1n) is 6.39. The van der Waals surface area contributed by atoms with Crippen LogP contribution in [0.5, 0.6) is 0 Å². The molecule has 2 aromatic heterocycles. The lowest BCUT2D eigenvalue weighted by atomic mass is 10.2. The molecule has 0 amide bonds. The molecule has 0 atom stereocenters. The molecular formula is C13H13FN6O. The van der Waals surface area contributed by atoms with Gasteiger partial charge in [-0.2, -0.15) is 5.10 Å². The van der Waals surface area contributed by atoms with Gasteiger partial charge in [-0.3, -0.25) is 4.57 Å². The van der Waals surface area contributed by atoms with Crippen LogP contribution in [0.2, 0.25) is 0 Å². The summed E-state index contributed by atoms with van der Waals surface area (Å²) in [6.45, 7) is 0.543. The highest BCUT2D eigenvalue weighted by Gasteiger charge is 2.06. The number of nitrogens with zero attached hydrogens (tertiary/aromatic N) is 4. The molecule has 0 fully saturated rings. The van der Waals surface area contributed by atoms with Crippen molar-refractivity contribution >= 4 is 16.7 Å². The third-order valence-electron chi connectivity index (χ3n) is 3.21. The fourth-order valence-electron chi connectivity index (χ4n) is 2.07. The largest absolute Gasteiger partial charge is 0.369 e. The van der Waals surface area contributed by atoms with Crippen LogP contribution in [0.15, 0.2) is 29.3 Å². The van der Waals surface area contributed by atoms with Gasteiger partial charge >= 0.3 is 5.69 Å². The van der Waals surface area contributed by atoms with E-state index < -0.39 is 0 Å². The van der Waals surface area contributed by atoms with Crippen LogP contribution in [0.3, 0.4) is 0 Å². The number of anilines is 1. The molecule has 0 aliphatic heterocycles. The van der Waals surface area contributed by atoms with Crippen molar-refractivity contribution in [3.05, 3.63) is 46.7 Å². The molecule has 108 valence electrons. The average Bonchev–Trinajstić information content (AvgIpc) is 2.79. The van der Waals surface area contributed by atoms with E-state index in [-0.39, 0.29) is 11.5 Å². The highest BCUT2D eigenvalue weighted by molar-refractivity contribution is 5.88. The molecule has 3 rings (SSSR count). The van der Waals surface area contributed by atoms with Gasteiger partial charge in [0.2, 0.25) is 0 Å². The summed E-state index contributed by atoms with van der Waals surface area (Å²) in [4.78, 5) is 19.4. The fourth-order valence-corrected chi connectivity index (χ4v) is 2.07. The van der Waals surface area contributed by atoms with Gasteiger partial charge in [-0.05, 0) is 12.1 Å². The van der Waals surface area contributed by atoms with Gasteiger partial charge in [0.15, 0.2) is 0 Å². The van der Waals surface area contributed by atoms with Gasteiger partial charge in [0, 0.05) is 31.5 Å². The van der Waals surface area contributed by atoms with Crippen molar-refractivity contribution in [1.29, 1.82) is 0 Å². The van der Waals surface area contributed by atoms with Crippen LogP contribution in [-0.4, -0.2) is 31.3 Å². The van der Waals surface area contributed by atoms with Crippen molar-refractivity contribution in [3.63, 3.8) is 0 Å². The van der Waals surface area contributed by atoms with Crippen molar-refractivity contribution in [1.82, 2.24) is 24.7 Å². The Morgan fingerprint density at radius 1 is 1.38 bits per heavy atom. The number of nitrogens with one attached hydrogen (secondary N) is 2. The summed E-state index contributed by atoms with van der Waals surface area (Å²) in [6.07, 6.45) is 1.94. The maximum atomic E-state index is 13.2. The molecule has 8 heteroatoms. The number of H-pyrrole nitrogens is 1. The zero-order valence-electron chi connectivity index (χ0n) is 11.3. The second kappa shape index (κ2) is 5.31. The van der Waals surface area contributed by atoms with E-state index in [0.29, 0.717) is 30.1 Å². The van der Waals surface area contributed by atoms with E-state index in [9.17, 15) is 9.18 Å². The van der Waals surface area contributed by atoms with Gasteiger partial charge in [-0.1, -0.05) is 0 Å². The zero-order valence-corrected chi connectivity index (χ0v) is 11.3. The number of aromatic amines is 1. The monoisotopic (exact) mass is 288 g/mol. The summed E-state index contributed by atoms with van der Waals surface area (Å²) < 4.78 is 14.6. The van der Waals surface area contributed by atoms with Crippen LogP contribution in [-0.2, 0) is 13.5 Å². The molecule has 21 heavy (non-hydrogen) atoms. The normalized spacial score (nSPS) is 11.0. The lowest BCUT2D eigenvalue weighted by Gasteiger charge is -2.07. The number of benzene rings is 1. The third kappa shape index (κ3) is 2.60. The number of fused-ring (bicyclic) bond motifs is 1. The van der Waals surface area contributed by atoms with E-state index >= 15 is 0 Å². The van der Waals surface area contributed by atoms with Gasteiger partial charge in [0.05, 0.1) is 5.52 Å². The fraction of sp³-hybridized carbons (Fsp3) is 0.231. The smallest absolute Gasteiger partial charge is 0.343 e. The molecule has 7 nitrogen and oxygen atoms in total. The third-order valence-corrected chi connectivity index (χ3v) is 3.21. The predicted octanol–water partition coefficient (Wildman–Crippen LogP) is 0.845. The SMILES string of the molecule is Cn1c(CCNc2ncnc3cc(F)ccc23)n[nH]c1=O. The number of halogens is 1. The van der Waals surface area contributed by atoms with Crippen molar-refractivity contribution in [3.8, 4) is 0 Å². The van der Waals surface area contributed by atoms with Crippen molar-refractivity contribution in [2.45, 2.75) is 6.42 Å². The van der Waals surface area contributed by atoms with E-state index in [1.54, 1.807) is 13.1 Å². The van der Waals surface area contributed by atoms with E-state index in [2.05, 4.69) is 25.5 Å². The van der Waals surface area contributed by atoms with Crippen LogP contribution in [0, 0.1) is 5.82 Å². The summed E-state index contributed by atoms with van der Waals surface area (Å²) >= 11 is 0. The first-order chi connectivity index (χ1) is 10.1. The van der Waals surface area contributed by atoms with Crippen LogP contribution in [0.25, 0.3) is 10.9 Å². The Labute approximate surface area is 118 Å². The van der Waals surface area contributed by atoms with Crippen LogP contribution in [0.1, 0.15) is 5.82 Å². The van der Waals surface area contributed by atoms with Gasteiger partial charge < -0.3 is 5.32 Å². The summed E-state index contributed by atoms with van der Waals surface area (Å²) in [7, 11) is 1.66. The summed E-state index contributed by atoms with van der Waals surface area (Å²) in [5, 5.41) is 10.2. The Kier molecular flexibility index (Phi) is 3.35. The van der Waals surface area contributed by atoms with Gasteiger partial charge in [-0.25, -0.2) is 24.3 Å². The van der Waals surface area contributed by atoms with E-state index in [1.165, 1.54) is 23.0 Å². The van der Waals surface area contributed by atoms with Crippen molar-refractivity contribution in [2.24, 2.45) is 7.05 Å². The minimum Gasteiger partial charge on any atom is -0.369 e. The van der Waals surface area contributed by atoms with Crippen molar-refractivity contribution < 1.29 is 4.39 Å². The summed E-state index contributed by atoms with van der Waals surface area (Å²) in [5.74, 6) is 0.941. The Balaban J connectivity index is 1.76. The molecular weight excluding hydrogens is 275 g/mol. The van der Waals surface area contributed by atoms with Crippen LogP contribution in [0.4, 0.5) is 10.2 Å². The van der Waals surface area contributed by atoms with Crippen molar-refractivity contribution in [2.75, 3.05) is 11.9 Å². The maximum absolute atomic E-state index is 13.2. The predicted molar refractivity (Wildman–Crippen MR) is 75.5 cm³/mol. The van der Waals surface area contributed by atoms with Crippen LogP contribution < -0.4 is 11.0 Å². The molecule has 0 radical (unpaired) electrons. The highest BCUT2D eigenvalue weighted by atomic mass is 19.1. The Morgan fingerprint density at radius 3 is 3.00 bits per heavy atom. The summed E-state index contributed by atoms with van der Waals surface area (Å²) in [5.41, 5.74) is 0.299. The minimum absolute atomic E-state index is 0.243. The molecule has 0 bridgehead atoms. The number of hydrogen-bond acceptors (Lipinski definition) is 5. The molecule has 3 aromatic rings. The zero-order chi connectivity index (χ0) is 14.8. The maximum Gasteiger partial charge on any atom is 0.343 e. The molecule has 2 heterocycles. The number of aromatic nitrogens is 5. The Hall–Kier alpha value is -2.77. The standard InChI is InChI=1S/C13H13FN6O/c1-20-11(18-19-13(20)21)4-5-15-12-9-3-2-8(14)6-10(9)16-7-17-12/h2-3,6-7H,4-5H2,1H3,(H,19,21)(H,15,16,17). The second-order valence-electron chi connectivity index (χ2n) is 4.56. The lowest BCUT2D eigenvalue weighted by Crippen LogP contribution is -2.16. The molecule has 1 aromatic carbocycles. The molecule has 0 spiro atoms. The average molecular weight is 288 g/mol. The molecule has 0 saturated heterocycles. The first-order valence-corrected chi connectivity index (χ1v) is 6.39. The first kappa shape index (κ1) is 13.2. The van der Waals surface area contributed by atoms with Gasteiger partial charge in [0.1, 0.15) is 23.8 Å². The second-order valence-corrected chi connectivity index (χ2v) is 4.56. The molecule has 2 N–H and O–H groups in total. The topological polar surface area (TPSA) is 88.5 Å². The van der Waals surface area contributed by atoms with Gasteiger partial charge in [-0.15, -0.1) is 0 Å². The molecule has 0 aliphatic rings. The molecule has 0 aliphatic carbocycles. The summed E-state index contributed by atoms with van der Waals surface area (Å²) in [6, 6.07) is 4.37. The number of rotatable bonds is 4. The molecule has 0 unspecified atom stereocenters. The van der Waals surface area contributed by atoms with Crippen LogP contribution >= 0.6 is 0 Å². The van der Waals surface area contributed by atoms with E-state index in [4.69, 9.17) is 0 Å². The Bertz CT molecular complexity index is 840.